The van der Waals surface area contributed by atoms with Crippen LogP contribution in [-0.4, -0.2) is 190 Å². The summed E-state index contributed by atoms with van der Waals surface area (Å²) in [5, 5.41) is 86.0. The van der Waals surface area contributed by atoms with Crippen molar-refractivity contribution in [2.75, 3.05) is 0 Å². The van der Waals surface area contributed by atoms with Crippen LogP contribution in [0.1, 0.15) is 4.28 Å². The summed E-state index contributed by atoms with van der Waals surface area (Å²) in [7, 11) is -8.67. The van der Waals surface area contributed by atoms with Crippen molar-refractivity contribution < 1.29 is 171 Å². The van der Waals surface area contributed by atoms with Gasteiger partial charge in [0.2, 0.25) is 0 Å². The first kappa shape index (κ1) is 126. The van der Waals surface area contributed by atoms with Gasteiger partial charge in [0.25, 0.3) is 0 Å². The summed E-state index contributed by atoms with van der Waals surface area (Å²) in [5.41, 5.74) is 0. The SMILES string of the molecule is O.O.O.O.O.O.O.O.O.O.OB(O)O.OB(O)O.OB(O)O.OB(O)O.[H-].[H-].[H-].[K+].[Sr+2]. The third kappa shape index (κ3) is 3460. The van der Waals surface area contributed by atoms with Gasteiger partial charge in [-0.2, -0.15) is 0 Å². The maximum atomic E-state index is 7.17. The van der Waals surface area contributed by atoms with Crippen molar-refractivity contribution in [3.8, 4) is 0 Å². The summed E-state index contributed by atoms with van der Waals surface area (Å²) in [6.45, 7) is 0. The molecule has 0 amide bonds. The molecule has 0 rings (SSSR count). The van der Waals surface area contributed by atoms with Crippen LogP contribution in [-0.2, 0) is 0 Å². The van der Waals surface area contributed by atoms with E-state index in [1.165, 1.54) is 0 Å². The number of hydrogen-bond acceptors (Lipinski definition) is 12. The Labute approximate surface area is 242 Å². The van der Waals surface area contributed by atoms with Crippen molar-refractivity contribution in [3.05, 3.63) is 0 Å². The summed E-state index contributed by atoms with van der Waals surface area (Å²) in [6, 6.07) is 0. The summed E-state index contributed by atoms with van der Waals surface area (Å²) < 4.78 is 0. The van der Waals surface area contributed by atoms with Crippen molar-refractivity contribution in [1.29, 1.82) is 0 Å². The van der Waals surface area contributed by atoms with Crippen molar-refractivity contribution in [1.82, 2.24) is 0 Å². The molecule has 22 nitrogen and oxygen atoms in total. The minimum Gasteiger partial charge on any atom is -1.00 e. The molecule has 0 heterocycles. The molecule has 0 unspecified atom stereocenters. The molecular weight excluding hydrogens is 522 g/mol. The topological polar surface area (TPSA) is 558 Å². The van der Waals surface area contributed by atoms with Crippen molar-refractivity contribution in [3.63, 3.8) is 0 Å². The molecule has 0 aromatic rings. The van der Waals surface area contributed by atoms with E-state index in [-0.39, 0.29) is 156 Å². The summed E-state index contributed by atoms with van der Waals surface area (Å²) in [4.78, 5) is 0. The van der Waals surface area contributed by atoms with Gasteiger partial charge >= 0.3 is 126 Å². The smallest absolute Gasteiger partial charge is 1.00 e. The van der Waals surface area contributed by atoms with Crippen LogP contribution >= 0.6 is 0 Å². The van der Waals surface area contributed by atoms with E-state index >= 15 is 0 Å². The van der Waals surface area contributed by atoms with Gasteiger partial charge in [-0.15, -0.1) is 0 Å². The van der Waals surface area contributed by atoms with E-state index in [1.807, 2.05) is 0 Å². The second-order valence-electron chi connectivity index (χ2n) is 1.39. The quantitative estimate of drug-likeness (QED) is 0.124. The Balaban J connectivity index is -0.00000000314. The first-order chi connectivity index (χ1) is 6.93. The third-order valence-electron chi connectivity index (χ3n) is 0. The molecular formula is H35B4KO22Sr. The molecule has 182 valence electrons. The maximum absolute atomic E-state index is 7.17. The molecule has 32 N–H and O–H groups in total. The fraction of sp³-hybridized carbons (Fsp3) is 0. The maximum Gasteiger partial charge on any atom is 2.00 e. The van der Waals surface area contributed by atoms with Gasteiger partial charge in [0, 0.05) is 0 Å². The second kappa shape index (κ2) is 114. The standard InChI is InChI=1S/4BH3O3.K.10H2O.Sr.3H/c4*2-1(3)4;;;;;;;;;;;;;;;/h4*2-4H;;10*1H2;;;;/q;;;;+1;;;;;;;;;;;+2;3*-1. The zero-order valence-corrected chi connectivity index (χ0v) is 21.0. The Hall–Kier alpha value is 2.50. The molecule has 0 aromatic heterocycles. The Morgan fingerprint density at radius 3 is 0.286 bits per heavy atom. The van der Waals surface area contributed by atoms with Gasteiger partial charge in [0.15, 0.2) is 0 Å². The van der Waals surface area contributed by atoms with E-state index in [0.29, 0.717) is 0 Å². The van der Waals surface area contributed by atoms with Crippen LogP contribution in [0.4, 0.5) is 0 Å². The first-order valence-corrected chi connectivity index (χ1v) is 3.10. The van der Waals surface area contributed by atoms with Gasteiger partial charge < -0.3 is 119 Å². The van der Waals surface area contributed by atoms with E-state index in [0.717, 1.165) is 0 Å². The molecule has 28 heteroatoms. The molecule has 0 aliphatic carbocycles. The van der Waals surface area contributed by atoms with Gasteiger partial charge in [0.05, 0.1) is 0 Å². The molecule has 0 aliphatic rings. The minimum atomic E-state index is -2.17. The van der Waals surface area contributed by atoms with Crippen LogP contribution in [0.2, 0.25) is 0 Å². The Bertz CT molecular complexity index is 85.7. The number of hydrogen-bond donors (Lipinski definition) is 12. The largest absolute Gasteiger partial charge is 2.00 e. The molecule has 28 heavy (non-hydrogen) atoms. The fourth-order valence-electron chi connectivity index (χ4n) is 0. The molecule has 0 saturated heterocycles. The van der Waals surface area contributed by atoms with Gasteiger partial charge in [-0.1, -0.05) is 0 Å². The Kier molecular flexibility index (Phi) is 514. The van der Waals surface area contributed by atoms with Crippen LogP contribution in [0.3, 0.4) is 0 Å². The predicted molar refractivity (Wildman–Crippen MR) is 94.9 cm³/mol. The zero-order chi connectivity index (χ0) is 14.3. The summed E-state index contributed by atoms with van der Waals surface area (Å²) in [5.74, 6) is 0. The monoisotopic (exact) mass is 558 g/mol. The van der Waals surface area contributed by atoms with E-state index in [2.05, 4.69) is 0 Å². The summed E-state index contributed by atoms with van der Waals surface area (Å²) >= 11 is 0. The Morgan fingerprint density at radius 2 is 0.286 bits per heavy atom. The fourth-order valence-corrected chi connectivity index (χ4v) is 0. The summed E-state index contributed by atoms with van der Waals surface area (Å²) in [6.07, 6.45) is 0. The average molecular weight is 557 g/mol. The second-order valence-corrected chi connectivity index (χ2v) is 1.39. The van der Waals surface area contributed by atoms with Crippen molar-refractivity contribution in [2.45, 2.75) is 0 Å². The van der Waals surface area contributed by atoms with Gasteiger partial charge in [-0.25, -0.2) is 0 Å². The molecule has 0 radical (unpaired) electrons. The molecule has 0 bridgehead atoms. The molecule has 0 aromatic carbocycles. The zero-order valence-electron chi connectivity index (χ0n) is 17.4. The predicted octanol–water partition coefficient (Wildman–Crippen LogP) is -19.5. The van der Waals surface area contributed by atoms with E-state index in [1.54, 1.807) is 0 Å². The molecule has 0 saturated carbocycles. The van der Waals surface area contributed by atoms with Crippen LogP contribution in [0.5, 0.6) is 0 Å². The van der Waals surface area contributed by atoms with E-state index < -0.39 is 29.3 Å². The van der Waals surface area contributed by atoms with E-state index in [9.17, 15) is 0 Å². The minimum absolute atomic E-state index is 0. The van der Waals surface area contributed by atoms with Crippen LogP contribution in [0, 0.1) is 0 Å². The molecule has 0 spiro atoms. The van der Waals surface area contributed by atoms with Crippen LogP contribution in [0.15, 0.2) is 0 Å². The van der Waals surface area contributed by atoms with E-state index in [4.69, 9.17) is 60.3 Å². The Morgan fingerprint density at radius 1 is 0.286 bits per heavy atom. The molecule has 0 atom stereocenters. The van der Waals surface area contributed by atoms with Crippen LogP contribution < -0.4 is 51.4 Å². The van der Waals surface area contributed by atoms with Gasteiger partial charge in [-0.05, 0) is 0 Å². The third-order valence-corrected chi connectivity index (χ3v) is 0. The van der Waals surface area contributed by atoms with Crippen LogP contribution in [0.25, 0.3) is 0 Å². The first-order valence-electron chi connectivity index (χ1n) is 3.10. The average Bonchev–Trinajstić information content (AvgIpc) is 1.76. The molecule has 0 aliphatic heterocycles. The molecule has 0 fully saturated rings. The number of rotatable bonds is 0. The van der Waals surface area contributed by atoms with Crippen molar-refractivity contribution >= 4 is 74.8 Å². The van der Waals surface area contributed by atoms with Gasteiger partial charge in [-0.3, -0.25) is 0 Å². The normalized spacial score (nSPS) is 3.86. The van der Waals surface area contributed by atoms with Gasteiger partial charge in [0.1, 0.15) is 0 Å². The van der Waals surface area contributed by atoms with Crippen molar-refractivity contribution in [2.24, 2.45) is 0 Å².